The summed E-state index contributed by atoms with van der Waals surface area (Å²) < 4.78 is 183. The van der Waals surface area contributed by atoms with Crippen molar-refractivity contribution in [1.82, 2.24) is 0 Å². The van der Waals surface area contributed by atoms with E-state index < -0.39 is 152 Å². The van der Waals surface area contributed by atoms with E-state index in [4.69, 9.17) is 51.6 Å². The second kappa shape index (κ2) is 22.5. The Hall–Kier alpha value is 2.13. The summed E-state index contributed by atoms with van der Waals surface area (Å²) in [5, 5.41) is 22.5. The van der Waals surface area contributed by atoms with Gasteiger partial charge in [-0.3, -0.25) is 8.37 Å². The minimum absolute atomic E-state index is 0. The van der Waals surface area contributed by atoms with Crippen LogP contribution in [0.25, 0.3) is 0 Å². The Morgan fingerprint density at radius 1 is 0.542 bits per heavy atom. The fraction of sp³-hybridized carbons (Fsp3) is 1.00. The Morgan fingerprint density at radius 2 is 1.04 bits per heavy atom. The molecule has 24 nitrogen and oxygen atoms in total. The van der Waals surface area contributed by atoms with Crippen LogP contribution >= 0.6 is 0 Å². The number of hydrogen-bond acceptors (Lipinski definition) is 24. The van der Waals surface area contributed by atoms with Crippen molar-refractivity contribution in [3.63, 3.8) is 0 Å². The van der Waals surface area contributed by atoms with Gasteiger partial charge in [0.25, 0.3) is 0 Å². The van der Waals surface area contributed by atoms with Gasteiger partial charge in [0.15, 0.2) is 0 Å². The Kier molecular flexibility index (Phi) is 19.3. The molecule has 10 aliphatic heterocycles. The predicted molar refractivity (Wildman–Crippen MR) is 223 cm³/mol. The molecule has 10 rings (SSSR count). The van der Waals surface area contributed by atoms with Crippen molar-refractivity contribution in [2.24, 2.45) is 5.92 Å². The van der Waals surface area contributed by atoms with Gasteiger partial charge in [0, 0.05) is 51.4 Å². The van der Waals surface area contributed by atoms with Crippen molar-refractivity contribution in [2.75, 3.05) is 6.61 Å². The van der Waals surface area contributed by atoms with Gasteiger partial charge in [0.05, 0.1) is 109 Å². The average Bonchev–Trinajstić information content (AvgIpc) is 3.35. The third kappa shape index (κ3) is 12.6. The molecule has 10 fully saturated rings. The summed E-state index contributed by atoms with van der Waals surface area (Å²) >= 11 is 0. The maximum absolute atomic E-state index is 11.8. The molecule has 0 radical (unpaired) electrons. The van der Waals surface area contributed by atoms with E-state index >= 15 is 0 Å². The number of fused-ring (bicyclic) bond motifs is 9. The van der Waals surface area contributed by atoms with Crippen molar-refractivity contribution >= 4 is 31.2 Å². The zero-order chi connectivity index (χ0) is 49.4. The topological polar surface area (TPSA) is 332 Å². The molecule has 0 unspecified atom stereocenters. The molecule has 0 aromatic carbocycles. The predicted octanol–water partition coefficient (Wildman–Crippen LogP) is -8.97. The van der Waals surface area contributed by atoms with E-state index in [2.05, 4.69) is 29.1 Å². The largest absolute Gasteiger partial charge is 1.00 e. The summed E-state index contributed by atoms with van der Waals surface area (Å²) in [5.41, 5.74) is -4.53. The smallest absolute Gasteiger partial charge is 0.726 e. The molecular weight excluding hydrogens is 1050 g/mol. The second-order valence-electron chi connectivity index (χ2n) is 21.8. The van der Waals surface area contributed by atoms with Crippen molar-refractivity contribution in [2.45, 2.75) is 250 Å². The molecule has 10 heterocycles. The number of rotatable bonds is 8. The summed E-state index contributed by atoms with van der Waals surface area (Å²) in [6.45, 7) is 8.55. The first-order valence-corrected chi connectivity index (χ1v) is 28.0. The molecule has 10 saturated heterocycles. The quantitative estimate of drug-likeness (QED) is 0.129. The molecule has 72 heavy (non-hydrogen) atoms. The first kappa shape index (κ1) is 61.7. The number of ether oxygens (including phenoxy) is 10. The van der Waals surface area contributed by atoms with Crippen LogP contribution in [0.4, 0.5) is 0 Å². The molecule has 30 heteroatoms. The maximum Gasteiger partial charge on any atom is 1.00 e. The van der Waals surface area contributed by atoms with Gasteiger partial charge in [-0.1, -0.05) is 6.92 Å². The second-order valence-corrected chi connectivity index (χ2v) is 24.8. The minimum atomic E-state index is -5.24. The maximum atomic E-state index is 11.8. The number of aliphatic hydroxyl groups is 2. The van der Waals surface area contributed by atoms with Crippen LogP contribution in [0, 0.1) is 5.92 Å². The van der Waals surface area contributed by atoms with Crippen molar-refractivity contribution < 1.29 is 198 Å². The van der Waals surface area contributed by atoms with Gasteiger partial charge in [-0.15, -0.1) is 0 Å². The Morgan fingerprint density at radius 3 is 1.64 bits per heavy atom. The van der Waals surface area contributed by atoms with Crippen molar-refractivity contribution in [1.29, 1.82) is 0 Å². The monoisotopic (exact) mass is 1120 g/mol. The van der Waals surface area contributed by atoms with Gasteiger partial charge >= 0.3 is 88.7 Å². The third-order valence-corrected chi connectivity index (χ3v) is 18.3. The van der Waals surface area contributed by atoms with Gasteiger partial charge in [-0.05, 0) is 59.3 Å². The summed E-state index contributed by atoms with van der Waals surface area (Å²) in [6.07, 6.45) is -9.84. The van der Waals surface area contributed by atoms with Crippen LogP contribution in [0.3, 0.4) is 0 Å². The zero-order valence-corrected chi connectivity index (χ0v) is 50.3. The first-order chi connectivity index (χ1) is 32.1. The average molecular weight is 1120 g/mol. The van der Waals surface area contributed by atoms with E-state index in [-0.39, 0.29) is 138 Å². The normalized spacial score (nSPS) is 51.1. The molecule has 396 valence electrons. The standard InChI is InChI=1S/C42H66O24S3.3Na/c1-19-6-8-40(3)32(59-29-16-30-36(61-35(19)29)37(44)42(5)34(60-30)12-20(43)38(63-42)65-69(51,52)53)18-31-41(4,66-40)9-7-21-22(58-31)13-24-23(55-21)14-25-26(56-24)15-28-27(57-25)17-33(64-68(48,49)50)39(2,62-28)10-11-54-67(45,46)47;;;/h19-38,43-44H,6-18H2,1-5H3,(H,45,46,47)(H,48,49,50)(H,51,52,53);;;/q;3*+1/p-3/t19-,20-,21-,22+,23+,24-,25-,26+,27+,28-,29-,30+,31-,32+,33-,34-,35+,36+,37+,38-,39+,40-,41+,42-;;;/m0.../s1. The van der Waals surface area contributed by atoms with Crippen LogP contribution in [0.1, 0.15) is 112 Å². The van der Waals surface area contributed by atoms with Crippen LogP contribution in [0.15, 0.2) is 0 Å². The van der Waals surface area contributed by atoms with E-state index in [1.165, 1.54) is 13.8 Å². The van der Waals surface area contributed by atoms with Crippen LogP contribution < -0.4 is 88.7 Å². The van der Waals surface area contributed by atoms with E-state index in [0.29, 0.717) is 57.8 Å². The van der Waals surface area contributed by atoms with Crippen LogP contribution in [-0.4, -0.2) is 194 Å². The van der Waals surface area contributed by atoms with Gasteiger partial charge in [0.2, 0.25) is 37.5 Å². The molecule has 0 saturated carbocycles. The summed E-state index contributed by atoms with van der Waals surface area (Å²) in [4.78, 5) is 0. The van der Waals surface area contributed by atoms with E-state index in [1.807, 2.05) is 0 Å². The fourth-order valence-corrected chi connectivity index (χ4v) is 14.5. The molecule has 2 N–H and O–H groups in total. The molecule has 0 aromatic heterocycles. The van der Waals surface area contributed by atoms with Gasteiger partial charge in [-0.2, -0.15) is 0 Å². The minimum Gasteiger partial charge on any atom is -0.726 e. The number of aliphatic hydroxyl groups excluding tert-OH is 2. The molecule has 0 aliphatic carbocycles. The van der Waals surface area contributed by atoms with Crippen LogP contribution in [0.5, 0.6) is 0 Å². The van der Waals surface area contributed by atoms with Gasteiger partial charge in [0.1, 0.15) is 30.0 Å². The molecule has 0 spiro atoms. The Labute approximate surface area is 486 Å². The van der Waals surface area contributed by atoms with Crippen molar-refractivity contribution in [3.8, 4) is 0 Å². The molecule has 0 amide bonds. The molecule has 0 aromatic rings. The SMILES string of the molecule is C[C@H]1CC[C@]2(C)O[C@]3(C)CC[C@@H]4O[C@@H]5C[C@@H]6O[C@@H]7C[C@H](OS(=O)(=O)[O-])[C@@](C)(CCOS(=O)(=O)[O-])O[C@H]7C[C@H]6O[C@H]5C[C@H]4O[C@H]3C[C@H]2O[C@H]2C[C@H]3O[C@H]4C[C@H](O)[C@H](OS(=O)(=O)[O-])O[C@]4(C)[C@H](O)[C@@H]3O[C@@H]21.[Na+].[Na+].[Na+]. The summed E-state index contributed by atoms with van der Waals surface area (Å²) in [7, 11) is -15.5. The first-order valence-electron chi connectivity index (χ1n) is 24.0. The molecule has 24 atom stereocenters. The summed E-state index contributed by atoms with van der Waals surface area (Å²) in [5.74, 6) is -0.0526. The molecular formula is C42H63Na3O24S3. The third-order valence-electron chi connectivity index (χ3n) is 17.0. The van der Waals surface area contributed by atoms with Gasteiger partial charge < -0.3 is 71.2 Å². The number of hydrogen-bond donors (Lipinski definition) is 2. The molecule has 10 aliphatic rings. The Balaban J connectivity index is 0.00000253. The fourth-order valence-electron chi connectivity index (χ4n) is 13.2. The zero-order valence-electron chi connectivity index (χ0n) is 41.8. The van der Waals surface area contributed by atoms with Crippen molar-refractivity contribution in [3.05, 3.63) is 0 Å². The van der Waals surface area contributed by atoms with E-state index in [0.717, 1.165) is 0 Å². The van der Waals surface area contributed by atoms with Gasteiger partial charge in [-0.25, -0.2) is 29.4 Å². The van der Waals surface area contributed by atoms with Crippen LogP contribution in [0.2, 0.25) is 0 Å². The van der Waals surface area contributed by atoms with Crippen LogP contribution in [-0.2, 0) is 91.1 Å². The van der Waals surface area contributed by atoms with E-state index in [9.17, 15) is 49.1 Å². The Bertz CT molecular complexity index is 2280. The molecule has 0 bridgehead atoms. The van der Waals surface area contributed by atoms with E-state index in [1.54, 1.807) is 0 Å². The summed E-state index contributed by atoms with van der Waals surface area (Å²) in [6, 6.07) is 0.